The Morgan fingerprint density at radius 1 is 1.56 bits per heavy atom. The van der Waals surface area contributed by atoms with Crippen LogP contribution in [0.5, 0.6) is 5.75 Å². The first kappa shape index (κ1) is 15.0. The molecule has 5 heteroatoms. The van der Waals surface area contributed by atoms with Crippen LogP contribution in [0.2, 0.25) is 0 Å². The Morgan fingerprint density at radius 3 is 2.83 bits per heavy atom. The van der Waals surface area contributed by atoms with Crippen LogP contribution in [-0.2, 0) is 11.3 Å². The summed E-state index contributed by atoms with van der Waals surface area (Å²) < 4.78 is 6.44. The standard InChI is InChI=1S/C13H19BrN2O2/c1-3-16-7-10-4-5-12(11(14)6-10)18-8-9(2)13(15)17/h4-6,9,16H,3,7-8H2,1-2H3,(H2,15,17). The Kier molecular flexibility index (Phi) is 6.15. The molecule has 0 saturated carbocycles. The smallest absolute Gasteiger partial charge is 0.223 e. The average Bonchev–Trinajstić information content (AvgIpc) is 2.34. The second kappa shape index (κ2) is 7.38. The number of benzene rings is 1. The summed E-state index contributed by atoms with van der Waals surface area (Å²) >= 11 is 3.46. The number of hydrogen-bond donors (Lipinski definition) is 2. The fourth-order valence-corrected chi connectivity index (χ4v) is 1.88. The van der Waals surface area contributed by atoms with Crippen LogP contribution < -0.4 is 15.8 Å². The van der Waals surface area contributed by atoms with E-state index in [-0.39, 0.29) is 11.8 Å². The summed E-state index contributed by atoms with van der Waals surface area (Å²) in [6.45, 7) is 5.87. The zero-order chi connectivity index (χ0) is 13.5. The third-order valence-corrected chi connectivity index (χ3v) is 3.17. The Morgan fingerprint density at radius 2 is 2.28 bits per heavy atom. The minimum Gasteiger partial charge on any atom is -0.492 e. The maximum atomic E-state index is 10.9. The number of halogens is 1. The van der Waals surface area contributed by atoms with Crippen molar-refractivity contribution in [2.75, 3.05) is 13.2 Å². The third-order valence-electron chi connectivity index (χ3n) is 2.55. The lowest BCUT2D eigenvalue weighted by Crippen LogP contribution is -2.25. The minimum atomic E-state index is -0.352. The van der Waals surface area contributed by atoms with Crippen molar-refractivity contribution in [2.45, 2.75) is 20.4 Å². The van der Waals surface area contributed by atoms with Crippen molar-refractivity contribution in [2.24, 2.45) is 11.7 Å². The first-order chi connectivity index (χ1) is 8.54. The van der Waals surface area contributed by atoms with Crippen LogP contribution in [0.4, 0.5) is 0 Å². The van der Waals surface area contributed by atoms with Crippen molar-refractivity contribution in [1.29, 1.82) is 0 Å². The van der Waals surface area contributed by atoms with Crippen LogP contribution in [0, 0.1) is 5.92 Å². The molecule has 0 heterocycles. The monoisotopic (exact) mass is 314 g/mol. The van der Waals surface area contributed by atoms with E-state index in [0.29, 0.717) is 6.61 Å². The van der Waals surface area contributed by atoms with Crippen LogP contribution in [0.3, 0.4) is 0 Å². The fourth-order valence-electron chi connectivity index (χ4n) is 1.34. The van der Waals surface area contributed by atoms with Crippen molar-refractivity contribution in [3.8, 4) is 5.75 Å². The van der Waals surface area contributed by atoms with E-state index in [4.69, 9.17) is 10.5 Å². The summed E-state index contributed by atoms with van der Waals surface area (Å²) in [5.41, 5.74) is 6.36. The largest absolute Gasteiger partial charge is 0.492 e. The predicted octanol–water partition coefficient (Wildman–Crippen LogP) is 2.06. The Labute approximate surface area is 116 Å². The lowest BCUT2D eigenvalue weighted by Gasteiger charge is -2.12. The average molecular weight is 315 g/mol. The molecule has 1 unspecified atom stereocenters. The van der Waals surface area contributed by atoms with Gasteiger partial charge in [-0.2, -0.15) is 0 Å². The topological polar surface area (TPSA) is 64.3 Å². The quantitative estimate of drug-likeness (QED) is 0.809. The number of rotatable bonds is 7. The highest BCUT2D eigenvalue weighted by Gasteiger charge is 2.10. The molecule has 100 valence electrons. The maximum Gasteiger partial charge on any atom is 0.223 e. The van der Waals surface area contributed by atoms with Gasteiger partial charge in [0.2, 0.25) is 5.91 Å². The zero-order valence-electron chi connectivity index (χ0n) is 10.7. The third kappa shape index (κ3) is 4.66. The van der Waals surface area contributed by atoms with Gasteiger partial charge in [0.1, 0.15) is 5.75 Å². The van der Waals surface area contributed by atoms with E-state index >= 15 is 0 Å². The van der Waals surface area contributed by atoms with E-state index in [1.54, 1.807) is 6.92 Å². The lowest BCUT2D eigenvalue weighted by atomic mass is 10.2. The van der Waals surface area contributed by atoms with Crippen molar-refractivity contribution < 1.29 is 9.53 Å². The lowest BCUT2D eigenvalue weighted by molar-refractivity contribution is -0.122. The number of hydrogen-bond acceptors (Lipinski definition) is 3. The highest BCUT2D eigenvalue weighted by atomic mass is 79.9. The summed E-state index contributed by atoms with van der Waals surface area (Å²) in [7, 11) is 0. The van der Waals surface area contributed by atoms with Crippen molar-refractivity contribution in [3.05, 3.63) is 28.2 Å². The van der Waals surface area contributed by atoms with Crippen LogP contribution in [0.25, 0.3) is 0 Å². The molecule has 3 N–H and O–H groups in total. The van der Waals surface area contributed by atoms with E-state index in [9.17, 15) is 4.79 Å². The van der Waals surface area contributed by atoms with Crippen molar-refractivity contribution in [1.82, 2.24) is 5.32 Å². The van der Waals surface area contributed by atoms with Gasteiger partial charge in [0, 0.05) is 6.54 Å². The van der Waals surface area contributed by atoms with Crippen LogP contribution in [0.15, 0.2) is 22.7 Å². The van der Waals surface area contributed by atoms with Crippen LogP contribution in [0.1, 0.15) is 19.4 Å². The van der Waals surface area contributed by atoms with E-state index in [1.807, 2.05) is 18.2 Å². The minimum absolute atomic E-state index is 0.292. The Bertz CT molecular complexity index is 410. The number of amides is 1. The number of ether oxygens (including phenoxy) is 1. The number of carbonyl (C=O) groups is 1. The van der Waals surface area contributed by atoms with Gasteiger partial charge in [-0.3, -0.25) is 4.79 Å². The molecule has 1 aromatic rings. The maximum absolute atomic E-state index is 10.9. The number of carbonyl (C=O) groups excluding carboxylic acids is 1. The molecule has 1 rings (SSSR count). The number of nitrogens with two attached hydrogens (primary N) is 1. The van der Waals surface area contributed by atoms with Crippen molar-refractivity contribution >= 4 is 21.8 Å². The molecule has 4 nitrogen and oxygen atoms in total. The van der Waals surface area contributed by atoms with Gasteiger partial charge in [0.05, 0.1) is 17.0 Å². The van der Waals surface area contributed by atoms with Gasteiger partial charge in [-0.15, -0.1) is 0 Å². The highest BCUT2D eigenvalue weighted by Crippen LogP contribution is 2.26. The van der Waals surface area contributed by atoms with Crippen LogP contribution in [-0.4, -0.2) is 19.1 Å². The van der Waals surface area contributed by atoms with Gasteiger partial charge in [0.15, 0.2) is 0 Å². The molecule has 0 aliphatic carbocycles. The molecule has 0 bridgehead atoms. The van der Waals surface area contributed by atoms with Gasteiger partial charge in [-0.25, -0.2) is 0 Å². The van der Waals surface area contributed by atoms with Gasteiger partial charge < -0.3 is 15.8 Å². The molecular formula is C13H19BrN2O2. The molecule has 0 aliphatic rings. The van der Waals surface area contributed by atoms with E-state index in [1.165, 1.54) is 5.56 Å². The van der Waals surface area contributed by atoms with Gasteiger partial charge in [-0.05, 0) is 40.2 Å². The predicted molar refractivity (Wildman–Crippen MR) is 75.4 cm³/mol. The zero-order valence-corrected chi connectivity index (χ0v) is 12.3. The summed E-state index contributed by atoms with van der Waals surface area (Å²) in [6, 6.07) is 5.90. The van der Waals surface area contributed by atoms with Gasteiger partial charge in [0.25, 0.3) is 0 Å². The van der Waals surface area contributed by atoms with Gasteiger partial charge >= 0.3 is 0 Å². The molecule has 0 fully saturated rings. The number of primary amides is 1. The second-order valence-corrected chi connectivity index (χ2v) is 5.01. The SMILES string of the molecule is CCNCc1ccc(OCC(C)C(N)=O)c(Br)c1. The molecule has 1 atom stereocenters. The fraction of sp³-hybridized carbons (Fsp3) is 0.462. The molecule has 0 aliphatic heterocycles. The van der Waals surface area contributed by atoms with E-state index in [2.05, 4.69) is 28.2 Å². The van der Waals surface area contributed by atoms with E-state index < -0.39 is 0 Å². The first-order valence-corrected chi connectivity index (χ1v) is 6.75. The van der Waals surface area contributed by atoms with E-state index in [0.717, 1.165) is 23.3 Å². The summed E-state index contributed by atoms with van der Waals surface area (Å²) in [5, 5.41) is 3.25. The second-order valence-electron chi connectivity index (χ2n) is 4.16. The molecule has 0 saturated heterocycles. The molecule has 0 radical (unpaired) electrons. The van der Waals surface area contributed by atoms with Crippen molar-refractivity contribution in [3.63, 3.8) is 0 Å². The molecular weight excluding hydrogens is 296 g/mol. The molecule has 0 aromatic heterocycles. The Hall–Kier alpha value is -1.07. The summed E-state index contributed by atoms with van der Waals surface area (Å²) in [5.74, 6) is 0.0802. The summed E-state index contributed by atoms with van der Waals surface area (Å²) in [4.78, 5) is 10.9. The van der Waals surface area contributed by atoms with Crippen LogP contribution >= 0.6 is 15.9 Å². The molecule has 18 heavy (non-hydrogen) atoms. The molecule has 0 spiro atoms. The normalized spacial score (nSPS) is 12.2. The molecule has 1 amide bonds. The van der Waals surface area contributed by atoms with Gasteiger partial charge in [-0.1, -0.05) is 19.9 Å². The summed E-state index contributed by atoms with van der Waals surface area (Å²) in [6.07, 6.45) is 0. The number of nitrogens with one attached hydrogen (secondary N) is 1. The highest BCUT2D eigenvalue weighted by molar-refractivity contribution is 9.10. The first-order valence-electron chi connectivity index (χ1n) is 5.95. The Balaban J connectivity index is 2.59. The molecule has 1 aromatic carbocycles.